The van der Waals surface area contributed by atoms with Gasteiger partial charge in [0.2, 0.25) is 0 Å². The molecule has 0 amide bonds. The minimum Gasteiger partial charge on any atom is -0.355 e. The van der Waals surface area contributed by atoms with Gasteiger partial charge in [0.1, 0.15) is 0 Å². The molecular formula is C16H16ClN. The van der Waals surface area contributed by atoms with Crippen molar-refractivity contribution in [2.45, 2.75) is 25.7 Å². The second-order valence-corrected chi connectivity index (χ2v) is 5.22. The molecule has 0 saturated heterocycles. The van der Waals surface area contributed by atoms with Crippen LogP contribution in [-0.4, -0.2) is 0 Å². The largest absolute Gasteiger partial charge is 0.355 e. The van der Waals surface area contributed by atoms with Crippen LogP contribution >= 0.6 is 11.6 Å². The van der Waals surface area contributed by atoms with E-state index in [1.54, 1.807) is 0 Å². The maximum atomic E-state index is 6.01. The van der Waals surface area contributed by atoms with Crippen LogP contribution in [0.15, 0.2) is 42.5 Å². The molecule has 18 heavy (non-hydrogen) atoms. The Morgan fingerprint density at radius 1 is 0.944 bits per heavy atom. The van der Waals surface area contributed by atoms with Gasteiger partial charge in [-0.2, -0.15) is 0 Å². The van der Waals surface area contributed by atoms with Crippen molar-refractivity contribution in [2.75, 3.05) is 5.32 Å². The van der Waals surface area contributed by atoms with Gasteiger partial charge in [0.05, 0.1) is 0 Å². The van der Waals surface area contributed by atoms with Crippen molar-refractivity contribution in [3.63, 3.8) is 0 Å². The quantitative estimate of drug-likeness (QED) is 0.802. The highest BCUT2D eigenvalue weighted by atomic mass is 35.5. The Labute approximate surface area is 113 Å². The molecule has 92 valence electrons. The number of rotatable bonds is 2. The molecule has 0 radical (unpaired) electrons. The molecule has 1 aliphatic carbocycles. The minimum atomic E-state index is 0.768. The second kappa shape index (κ2) is 5.03. The molecule has 1 nitrogen and oxygen atoms in total. The zero-order valence-electron chi connectivity index (χ0n) is 10.2. The minimum absolute atomic E-state index is 0.768. The average Bonchev–Trinajstić information content (AvgIpc) is 2.39. The van der Waals surface area contributed by atoms with Crippen molar-refractivity contribution >= 4 is 23.0 Å². The Balaban J connectivity index is 1.93. The first-order chi connectivity index (χ1) is 8.83. The highest BCUT2D eigenvalue weighted by molar-refractivity contribution is 6.30. The SMILES string of the molecule is Clc1cccc(Nc2cccc3c2CCCC3)c1. The zero-order valence-corrected chi connectivity index (χ0v) is 11.0. The van der Waals surface area contributed by atoms with E-state index in [2.05, 4.69) is 23.5 Å². The summed E-state index contributed by atoms with van der Waals surface area (Å²) in [6, 6.07) is 14.4. The second-order valence-electron chi connectivity index (χ2n) is 4.79. The van der Waals surface area contributed by atoms with Crippen molar-refractivity contribution in [3.8, 4) is 0 Å². The summed E-state index contributed by atoms with van der Waals surface area (Å²) in [6.07, 6.45) is 4.99. The molecule has 0 fully saturated rings. The number of hydrogen-bond acceptors (Lipinski definition) is 1. The van der Waals surface area contributed by atoms with E-state index in [0.717, 1.165) is 10.7 Å². The molecule has 0 aliphatic heterocycles. The van der Waals surface area contributed by atoms with E-state index in [1.807, 2.05) is 24.3 Å². The molecular weight excluding hydrogens is 242 g/mol. The molecule has 2 heteroatoms. The Kier molecular flexibility index (Phi) is 3.24. The molecule has 3 rings (SSSR count). The van der Waals surface area contributed by atoms with Crippen molar-refractivity contribution in [2.24, 2.45) is 0 Å². The lowest BCUT2D eigenvalue weighted by atomic mass is 9.90. The first-order valence-electron chi connectivity index (χ1n) is 6.46. The summed E-state index contributed by atoms with van der Waals surface area (Å²) >= 11 is 6.01. The van der Waals surface area contributed by atoms with E-state index in [9.17, 15) is 0 Å². The predicted octanol–water partition coefficient (Wildman–Crippen LogP) is 4.96. The van der Waals surface area contributed by atoms with Gasteiger partial charge in [-0.25, -0.2) is 0 Å². The third-order valence-electron chi connectivity index (χ3n) is 3.50. The Hall–Kier alpha value is -1.47. The zero-order chi connectivity index (χ0) is 12.4. The summed E-state index contributed by atoms with van der Waals surface area (Å²) in [7, 11) is 0. The van der Waals surface area contributed by atoms with Gasteiger partial charge < -0.3 is 5.32 Å². The van der Waals surface area contributed by atoms with E-state index in [-0.39, 0.29) is 0 Å². The van der Waals surface area contributed by atoms with Crippen LogP contribution in [0, 0.1) is 0 Å². The topological polar surface area (TPSA) is 12.0 Å². The van der Waals surface area contributed by atoms with Crippen molar-refractivity contribution in [3.05, 3.63) is 58.6 Å². The third kappa shape index (κ3) is 2.37. The van der Waals surface area contributed by atoms with E-state index in [0.29, 0.717) is 0 Å². The van der Waals surface area contributed by atoms with Crippen molar-refractivity contribution < 1.29 is 0 Å². The molecule has 0 bridgehead atoms. The molecule has 1 N–H and O–H groups in total. The Morgan fingerprint density at radius 3 is 2.67 bits per heavy atom. The third-order valence-corrected chi connectivity index (χ3v) is 3.73. The van der Waals surface area contributed by atoms with Crippen LogP contribution in [0.2, 0.25) is 5.02 Å². The van der Waals surface area contributed by atoms with Crippen molar-refractivity contribution in [1.82, 2.24) is 0 Å². The standard InChI is InChI=1S/C16H16ClN/c17-13-7-4-8-14(11-13)18-16-10-3-6-12-5-1-2-9-15(12)16/h3-4,6-8,10-11,18H,1-2,5,9H2. The number of benzene rings is 2. The molecule has 0 atom stereocenters. The molecule has 1 aliphatic rings. The van der Waals surface area contributed by atoms with Gasteiger partial charge >= 0.3 is 0 Å². The summed E-state index contributed by atoms with van der Waals surface area (Å²) < 4.78 is 0. The number of halogens is 1. The van der Waals surface area contributed by atoms with Gasteiger partial charge in [-0.1, -0.05) is 29.8 Å². The van der Waals surface area contributed by atoms with Gasteiger partial charge in [0, 0.05) is 16.4 Å². The fraction of sp³-hybridized carbons (Fsp3) is 0.250. The predicted molar refractivity (Wildman–Crippen MR) is 77.8 cm³/mol. The number of nitrogens with one attached hydrogen (secondary N) is 1. The maximum Gasteiger partial charge on any atom is 0.0426 e. The number of aryl methyl sites for hydroxylation is 1. The number of anilines is 2. The molecule has 2 aromatic rings. The number of hydrogen-bond donors (Lipinski definition) is 1. The summed E-state index contributed by atoms with van der Waals surface area (Å²) in [4.78, 5) is 0. The molecule has 0 saturated carbocycles. The molecule has 2 aromatic carbocycles. The van der Waals surface area contributed by atoms with Crippen LogP contribution in [0.1, 0.15) is 24.0 Å². The maximum absolute atomic E-state index is 6.01. The summed E-state index contributed by atoms with van der Waals surface area (Å²) in [5, 5.41) is 4.26. The summed E-state index contributed by atoms with van der Waals surface area (Å²) in [6.45, 7) is 0. The first-order valence-corrected chi connectivity index (χ1v) is 6.84. The van der Waals surface area contributed by atoms with Gasteiger partial charge in [0.15, 0.2) is 0 Å². The van der Waals surface area contributed by atoms with Gasteiger partial charge in [0.25, 0.3) is 0 Å². The van der Waals surface area contributed by atoms with Crippen LogP contribution in [0.5, 0.6) is 0 Å². The Bertz CT molecular complexity index is 563. The van der Waals surface area contributed by atoms with Gasteiger partial charge in [-0.3, -0.25) is 0 Å². The van der Waals surface area contributed by atoms with E-state index in [1.165, 1.54) is 42.5 Å². The molecule has 0 aromatic heterocycles. The summed E-state index contributed by atoms with van der Waals surface area (Å²) in [5.74, 6) is 0. The van der Waals surface area contributed by atoms with E-state index >= 15 is 0 Å². The van der Waals surface area contributed by atoms with Gasteiger partial charge in [-0.15, -0.1) is 0 Å². The fourth-order valence-corrected chi connectivity index (χ4v) is 2.81. The highest BCUT2D eigenvalue weighted by Crippen LogP contribution is 2.30. The smallest absolute Gasteiger partial charge is 0.0426 e. The van der Waals surface area contributed by atoms with Crippen molar-refractivity contribution in [1.29, 1.82) is 0 Å². The van der Waals surface area contributed by atoms with Crippen LogP contribution in [-0.2, 0) is 12.8 Å². The lowest BCUT2D eigenvalue weighted by Crippen LogP contribution is -2.06. The first kappa shape index (κ1) is 11.6. The fourth-order valence-electron chi connectivity index (χ4n) is 2.62. The lowest BCUT2D eigenvalue weighted by molar-refractivity contribution is 0.687. The number of fused-ring (bicyclic) bond motifs is 1. The monoisotopic (exact) mass is 257 g/mol. The lowest BCUT2D eigenvalue weighted by Gasteiger charge is -2.20. The molecule has 0 heterocycles. The average molecular weight is 258 g/mol. The van der Waals surface area contributed by atoms with Crippen LogP contribution < -0.4 is 5.32 Å². The molecule has 0 unspecified atom stereocenters. The van der Waals surface area contributed by atoms with Crippen LogP contribution in [0.25, 0.3) is 0 Å². The normalized spacial score (nSPS) is 14.1. The molecule has 0 spiro atoms. The summed E-state index contributed by atoms with van der Waals surface area (Å²) in [5.41, 5.74) is 5.26. The van der Waals surface area contributed by atoms with E-state index in [4.69, 9.17) is 11.6 Å². The van der Waals surface area contributed by atoms with E-state index < -0.39 is 0 Å². The van der Waals surface area contributed by atoms with Gasteiger partial charge in [-0.05, 0) is 61.1 Å². The van der Waals surface area contributed by atoms with Crippen LogP contribution in [0.3, 0.4) is 0 Å². The Morgan fingerprint density at radius 2 is 1.78 bits per heavy atom. The highest BCUT2D eigenvalue weighted by Gasteiger charge is 2.12. The van der Waals surface area contributed by atoms with Crippen LogP contribution in [0.4, 0.5) is 11.4 Å².